The van der Waals surface area contributed by atoms with Gasteiger partial charge in [-0.2, -0.15) is 5.10 Å². The Kier molecular flexibility index (Phi) is 4.34. The normalized spacial score (nSPS) is 11.1. The van der Waals surface area contributed by atoms with Crippen molar-refractivity contribution in [3.05, 3.63) is 41.6 Å². The number of anilines is 1. The summed E-state index contributed by atoms with van der Waals surface area (Å²) in [4.78, 5) is 1.42. The number of aryl methyl sites for hydroxylation is 1. The SMILES string of the molecule is Cc1nn(-c2ccccc2)c(N(C)CC(F)F)c1CO. The summed E-state index contributed by atoms with van der Waals surface area (Å²) in [6, 6.07) is 9.25. The maximum atomic E-state index is 12.6. The van der Waals surface area contributed by atoms with Crippen molar-refractivity contribution in [3.63, 3.8) is 0 Å². The smallest absolute Gasteiger partial charge is 0.255 e. The third kappa shape index (κ3) is 2.80. The zero-order valence-electron chi connectivity index (χ0n) is 11.4. The highest BCUT2D eigenvalue weighted by Gasteiger charge is 2.21. The third-order valence-corrected chi connectivity index (χ3v) is 3.09. The molecule has 0 aliphatic carbocycles. The molecule has 1 aromatic heterocycles. The van der Waals surface area contributed by atoms with E-state index in [4.69, 9.17) is 0 Å². The fourth-order valence-electron chi connectivity index (χ4n) is 2.17. The highest BCUT2D eigenvalue weighted by molar-refractivity contribution is 5.54. The lowest BCUT2D eigenvalue weighted by Gasteiger charge is -2.21. The summed E-state index contributed by atoms with van der Waals surface area (Å²) < 4.78 is 26.8. The average molecular weight is 281 g/mol. The van der Waals surface area contributed by atoms with E-state index in [-0.39, 0.29) is 6.61 Å². The Morgan fingerprint density at radius 2 is 1.95 bits per heavy atom. The van der Waals surface area contributed by atoms with Gasteiger partial charge in [-0.15, -0.1) is 0 Å². The van der Waals surface area contributed by atoms with Crippen molar-refractivity contribution in [2.24, 2.45) is 0 Å². The minimum Gasteiger partial charge on any atom is -0.391 e. The van der Waals surface area contributed by atoms with Gasteiger partial charge < -0.3 is 10.0 Å². The molecule has 0 fully saturated rings. The van der Waals surface area contributed by atoms with Gasteiger partial charge in [-0.1, -0.05) is 18.2 Å². The first kappa shape index (κ1) is 14.5. The van der Waals surface area contributed by atoms with Crippen LogP contribution in [0.3, 0.4) is 0 Å². The summed E-state index contributed by atoms with van der Waals surface area (Å²) in [5, 5.41) is 13.8. The lowest BCUT2D eigenvalue weighted by Crippen LogP contribution is -2.27. The molecule has 0 amide bonds. The van der Waals surface area contributed by atoms with Gasteiger partial charge in [0.05, 0.1) is 24.5 Å². The van der Waals surface area contributed by atoms with Gasteiger partial charge in [-0.25, -0.2) is 13.5 Å². The number of hydrogen-bond donors (Lipinski definition) is 1. The van der Waals surface area contributed by atoms with Crippen molar-refractivity contribution in [2.75, 3.05) is 18.5 Å². The molecule has 0 radical (unpaired) electrons. The lowest BCUT2D eigenvalue weighted by molar-refractivity contribution is 0.156. The van der Waals surface area contributed by atoms with Gasteiger partial charge in [0.2, 0.25) is 0 Å². The van der Waals surface area contributed by atoms with E-state index < -0.39 is 13.0 Å². The molecule has 0 atom stereocenters. The molecule has 1 N–H and O–H groups in total. The van der Waals surface area contributed by atoms with Crippen LogP contribution in [0.5, 0.6) is 0 Å². The topological polar surface area (TPSA) is 41.3 Å². The van der Waals surface area contributed by atoms with Gasteiger partial charge in [0.1, 0.15) is 5.82 Å². The summed E-state index contributed by atoms with van der Waals surface area (Å²) in [7, 11) is 1.57. The number of benzene rings is 1. The van der Waals surface area contributed by atoms with Crippen LogP contribution in [0.2, 0.25) is 0 Å². The van der Waals surface area contributed by atoms with Crippen LogP contribution >= 0.6 is 0 Å². The van der Waals surface area contributed by atoms with Crippen molar-refractivity contribution in [3.8, 4) is 5.69 Å². The predicted molar refractivity (Wildman–Crippen MR) is 73.5 cm³/mol. The molecule has 6 heteroatoms. The Hall–Kier alpha value is -1.95. The van der Waals surface area contributed by atoms with Gasteiger partial charge in [-0.05, 0) is 19.1 Å². The number of hydrogen-bond acceptors (Lipinski definition) is 3. The van der Waals surface area contributed by atoms with Crippen LogP contribution in [0.1, 0.15) is 11.3 Å². The maximum Gasteiger partial charge on any atom is 0.255 e. The monoisotopic (exact) mass is 281 g/mol. The zero-order valence-corrected chi connectivity index (χ0v) is 11.4. The molecule has 2 aromatic rings. The van der Waals surface area contributed by atoms with Crippen molar-refractivity contribution in [2.45, 2.75) is 20.0 Å². The summed E-state index contributed by atoms with van der Waals surface area (Å²) in [6.45, 7) is 1.11. The number of aromatic nitrogens is 2. The van der Waals surface area contributed by atoms with Crippen LogP contribution in [-0.2, 0) is 6.61 Å². The second-order valence-corrected chi connectivity index (χ2v) is 4.56. The van der Waals surface area contributed by atoms with Gasteiger partial charge in [0.25, 0.3) is 6.43 Å². The molecule has 0 bridgehead atoms. The number of aliphatic hydroxyl groups is 1. The van der Waals surface area contributed by atoms with Gasteiger partial charge in [-0.3, -0.25) is 0 Å². The van der Waals surface area contributed by atoms with Crippen LogP contribution in [0.25, 0.3) is 5.69 Å². The molecular weight excluding hydrogens is 264 g/mol. The minimum absolute atomic E-state index is 0.235. The number of aliphatic hydroxyl groups excluding tert-OH is 1. The minimum atomic E-state index is -2.45. The van der Waals surface area contributed by atoms with Crippen LogP contribution in [0.15, 0.2) is 30.3 Å². The summed E-state index contributed by atoms with van der Waals surface area (Å²) in [5.74, 6) is 0.497. The molecule has 0 saturated carbocycles. The highest BCUT2D eigenvalue weighted by atomic mass is 19.3. The van der Waals surface area contributed by atoms with Gasteiger partial charge in [0.15, 0.2) is 0 Å². The van der Waals surface area contributed by atoms with Crippen LogP contribution < -0.4 is 4.90 Å². The number of nitrogens with zero attached hydrogens (tertiary/aromatic N) is 3. The van der Waals surface area contributed by atoms with Gasteiger partial charge >= 0.3 is 0 Å². The third-order valence-electron chi connectivity index (χ3n) is 3.09. The van der Waals surface area contributed by atoms with E-state index in [0.29, 0.717) is 17.1 Å². The molecule has 108 valence electrons. The Bertz CT molecular complexity index is 569. The van der Waals surface area contributed by atoms with Crippen LogP contribution in [0, 0.1) is 6.92 Å². The molecule has 0 aliphatic rings. The molecule has 1 heterocycles. The van der Waals surface area contributed by atoms with E-state index in [1.807, 2.05) is 30.3 Å². The standard InChI is InChI=1S/C14H17F2N3O/c1-10-12(9-20)14(18(2)8-13(15)16)19(17-10)11-6-4-3-5-7-11/h3-7,13,20H,8-9H2,1-2H3. The first-order valence-electron chi connectivity index (χ1n) is 6.28. The van der Waals surface area contributed by atoms with Crippen molar-refractivity contribution in [1.29, 1.82) is 0 Å². The maximum absolute atomic E-state index is 12.6. The highest BCUT2D eigenvalue weighted by Crippen LogP contribution is 2.27. The average Bonchev–Trinajstić information content (AvgIpc) is 2.75. The fourth-order valence-corrected chi connectivity index (χ4v) is 2.17. The number of rotatable bonds is 5. The van der Waals surface area contributed by atoms with E-state index in [0.717, 1.165) is 5.69 Å². The van der Waals surface area contributed by atoms with E-state index >= 15 is 0 Å². The van der Waals surface area contributed by atoms with Crippen LogP contribution in [0.4, 0.5) is 14.6 Å². The Labute approximate surface area is 116 Å². The number of alkyl halides is 2. The molecule has 0 aliphatic heterocycles. The molecule has 20 heavy (non-hydrogen) atoms. The summed E-state index contributed by atoms with van der Waals surface area (Å²) >= 11 is 0. The summed E-state index contributed by atoms with van der Waals surface area (Å²) in [5.41, 5.74) is 1.97. The molecule has 1 aromatic carbocycles. The second-order valence-electron chi connectivity index (χ2n) is 4.56. The molecule has 2 rings (SSSR count). The molecule has 0 unspecified atom stereocenters. The quantitative estimate of drug-likeness (QED) is 0.915. The first-order chi connectivity index (χ1) is 9.54. The second kappa shape index (κ2) is 6.00. The number of halogens is 2. The Balaban J connectivity index is 2.52. The van der Waals surface area contributed by atoms with E-state index in [1.54, 1.807) is 18.7 Å². The molecule has 4 nitrogen and oxygen atoms in total. The van der Waals surface area contributed by atoms with E-state index in [1.165, 1.54) is 4.90 Å². The van der Waals surface area contributed by atoms with E-state index in [9.17, 15) is 13.9 Å². The molecule has 0 spiro atoms. The lowest BCUT2D eigenvalue weighted by atomic mass is 10.2. The summed E-state index contributed by atoms with van der Waals surface area (Å²) in [6.07, 6.45) is -2.45. The largest absolute Gasteiger partial charge is 0.391 e. The van der Waals surface area contributed by atoms with Crippen LogP contribution in [-0.4, -0.2) is 34.9 Å². The van der Waals surface area contributed by atoms with Crippen molar-refractivity contribution >= 4 is 5.82 Å². The fraction of sp³-hybridized carbons (Fsp3) is 0.357. The first-order valence-corrected chi connectivity index (χ1v) is 6.28. The zero-order chi connectivity index (χ0) is 14.7. The Morgan fingerprint density at radius 1 is 1.30 bits per heavy atom. The molecule has 0 saturated heterocycles. The predicted octanol–water partition coefficient (Wildman–Crippen LogP) is 2.37. The van der Waals surface area contributed by atoms with E-state index in [2.05, 4.69) is 5.10 Å². The van der Waals surface area contributed by atoms with Gasteiger partial charge in [0, 0.05) is 12.6 Å². The van der Waals surface area contributed by atoms with Crippen molar-refractivity contribution in [1.82, 2.24) is 9.78 Å². The molecular formula is C14H17F2N3O. The Morgan fingerprint density at radius 3 is 2.50 bits per heavy atom. The van der Waals surface area contributed by atoms with Crippen molar-refractivity contribution < 1.29 is 13.9 Å². The number of para-hydroxylation sites is 1.